The minimum atomic E-state index is -4.56. The molecule has 2 N–H and O–H groups in total. The van der Waals surface area contributed by atoms with Crippen LogP contribution in [0.4, 0.5) is 24.7 Å². The number of anilines is 2. The third-order valence-corrected chi connectivity index (χ3v) is 3.41. The molecular formula is C17H19F3N4O. The maximum absolute atomic E-state index is 12.9. The summed E-state index contributed by atoms with van der Waals surface area (Å²) in [5.74, 6) is 0.296. The Balaban J connectivity index is 2.05. The fraction of sp³-hybridized carbons (Fsp3) is 0.353. The Hall–Kier alpha value is -2.64. The molecule has 0 fully saturated rings. The van der Waals surface area contributed by atoms with E-state index in [0.29, 0.717) is 11.7 Å². The topological polar surface area (TPSA) is 66.9 Å². The Morgan fingerprint density at radius 2 is 1.84 bits per heavy atom. The van der Waals surface area contributed by atoms with E-state index in [4.69, 9.17) is 0 Å². The van der Waals surface area contributed by atoms with Crippen molar-refractivity contribution in [3.63, 3.8) is 0 Å². The molecule has 8 heteroatoms. The lowest BCUT2D eigenvalue weighted by atomic mass is 10.1. The number of para-hydroxylation sites is 1. The normalized spacial score (nSPS) is 11.4. The third-order valence-electron chi connectivity index (χ3n) is 3.41. The molecule has 1 heterocycles. The summed E-state index contributed by atoms with van der Waals surface area (Å²) in [7, 11) is 0. The summed E-state index contributed by atoms with van der Waals surface area (Å²) >= 11 is 0. The maximum atomic E-state index is 12.9. The predicted octanol–water partition coefficient (Wildman–Crippen LogP) is 4.21. The van der Waals surface area contributed by atoms with Crippen LogP contribution >= 0.6 is 0 Å². The van der Waals surface area contributed by atoms with Gasteiger partial charge in [-0.05, 0) is 36.6 Å². The average Bonchev–Trinajstić information content (AvgIpc) is 2.54. The van der Waals surface area contributed by atoms with E-state index in [-0.39, 0.29) is 11.4 Å². The number of hydrogen-bond acceptors (Lipinski definition) is 4. The van der Waals surface area contributed by atoms with Crippen LogP contribution in [0, 0.1) is 5.92 Å². The Labute approximate surface area is 143 Å². The molecule has 0 aliphatic heterocycles. The Bertz CT molecular complexity index is 715. The van der Waals surface area contributed by atoms with Gasteiger partial charge in [-0.2, -0.15) is 13.2 Å². The van der Waals surface area contributed by atoms with Crippen LogP contribution in [0.15, 0.2) is 36.4 Å². The molecule has 25 heavy (non-hydrogen) atoms. The molecule has 2 rings (SSSR count). The summed E-state index contributed by atoms with van der Waals surface area (Å²) in [6.07, 6.45) is -3.60. The minimum Gasteiger partial charge on any atom is -0.369 e. The van der Waals surface area contributed by atoms with E-state index >= 15 is 0 Å². The SMILES string of the molecule is CC(C)CCNc1ccc(C(=O)Nc2ccccc2C(F)(F)F)nn1. The number of amides is 1. The highest BCUT2D eigenvalue weighted by atomic mass is 19.4. The molecule has 0 atom stereocenters. The van der Waals surface area contributed by atoms with E-state index < -0.39 is 17.6 Å². The molecule has 1 aromatic carbocycles. The van der Waals surface area contributed by atoms with Gasteiger partial charge in [-0.1, -0.05) is 26.0 Å². The summed E-state index contributed by atoms with van der Waals surface area (Å²) in [5, 5.41) is 12.9. The standard InChI is InChI=1S/C17H19F3N4O/c1-11(2)9-10-21-15-8-7-14(23-24-15)16(25)22-13-6-4-3-5-12(13)17(18,19)20/h3-8,11H,9-10H2,1-2H3,(H,21,24)(H,22,25). The molecule has 0 bridgehead atoms. The second-order valence-corrected chi connectivity index (χ2v) is 5.91. The quantitative estimate of drug-likeness (QED) is 0.817. The van der Waals surface area contributed by atoms with E-state index in [1.807, 2.05) is 0 Å². The van der Waals surface area contributed by atoms with Crippen molar-refractivity contribution in [1.82, 2.24) is 10.2 Å². The summed E-state index contributed by atoms with van der Waals surface area (Å²) in [5.41, 5.74) is -1.30. The van der Waals surface area contributed by atoms with E-state index in [2.05, 4.69) is 34.7 Å². The zero-order valence-corrected chi connectivity index (χ0v) is 13.9. The van der Waals surface area contributed by atoms with Crippen LogP contribution in [0.25, 0.3) is 0 Å². The van der Waals surface area contributed by atoms with Gasteiger partial charge in [0, 0.05) is 6.54 Å². The van der Waals surface area contributed by atoms with Crippen molar-refractivity contribution in [2.24, 2.45) is 5.92 Å². The Morgan fingerprint density at radius 3 is 2.44 bits per heavy atom. The van der Waals surface area contributed by atoms with Crippen molar-refractivity contribution in [3.05, 3.63) is 47.7 Å². The van der Waals surface area contributed by atoms with Gasteiger partial charge in [0.15, 0.2) is 5.69 Å². The molecule has 0 aliphatic carbocycles. The van der Waals surface area contributed by atoms with Crippen molar-refractivity contribution < 1.29 is 18.0 Å². The third kappa shape index (κ3) is 5.44. The highest BCUT2D eigenvalue weighted by molar-refractivity contribution is 6.03. The van der Waals surface area contributed by atoms with Crippen molar-refractivity contribution in [1.29, 1.82) is 0 Å². The Morgan fingerprint density at radius 1 is 1.12 bits per heavy atom. The predicted molar refractivity (Wildman–Crippen MR) is 89.4 cm³/mol. The van der Waals surface area contributed by atoms with Crippen LogP contribution in [-0.2, 0) is 6.18 Å². The first-order valence-corrected chi connectivity index (χ1v) is 7.82. The highest BCUT2D eigenvalue weighted by Gasteiger charge is 2.33. The zero-order chi connectivity index (χ0) is 18.4. The van der Waals surface area contributed by atoms with Crippen LogP contribution in [0.5, 0.6) is 0 Å². The molecule has 0 radical (unpaired) electrons. The summed E-state index contributed by atoms with van der Waals surface area (Å²) < 4.78 is 38.8. The van der Waals surface area contributed by atoms with E-state index in [1.165, 1.54) is 24.3 Å². The van der Waals surface area contributed by atoms with Gasteiger partial charge in [0.25, 0.3) is 5.91 Å². The number of halogens is 3. The fourth-order valence-electron chi connectivity index (χ4n) is 2.06. The van der Waals surface area contributed by atoms with Crippen molar-refractivity contribution in [3.8, 4) is 0 Å². The van der Waals surface area contributed by atoms with Crippen LogP contribution in [0.1, 0.15) is 36.3 Å². The van der Waals surface area contributed by atoms with Gasteiger partial charge in [0.1, 0.15) is 5.82 Å². The first-order valence-electron chi connectivity index (χ1n) is 7.82. The number of rotatable bonds is 6. The number of aromatic nitrogens is 2. The first-order chi connectivity index (χ1) is 11.8. The number of nitrogens with one attached hydrogen (secondary N) is 2. The summed E-state index contributed by atoms with van der Waals surface area (Å²) in [6.45, 7) is 4.91. The first kappa shape index (κ1) is 18.7. The number of carbonyl (C=O) groups is 1. The van der Waals surface area contributed by atoms with Gasteiger partial charge in [0.2, 0.25) is 0 Å². The van der Waals surface area contributed by atoms with Crippen molar-refractivity contribution >= 4 is 17.4 Å². The molecule has 1 aromatic heterocycles. The van der Waals surface area contributed by atoms with Crippen molar-refractivity contribution in [2.45, 2.75) is 26.4 Å². The van der Waals surface area contributed by atoms with Crippen LogP contribution < -0.4 is 10.6 Å². The van der Waals surface area contributed by atoms with Gasteiger partial charge in [0.05, 0.1) is 11.3 Å². The summed E-state index contributed by atoms with van der Waals surface area (Å²) in [6, 6.07) is 7.75. The number of benzene rings is 1. The van der Waals surface area contributed by atoms with Crippen LogP contribution in [-0.4, -0.2) is 22.6 Å². The molecule has 2 aromatic rings. The molecule has 5 nitrogen and oxygen atoms in total. The maximum Gasteiger partial charge on any atom is 0.418 e. The lowest BCUT2D eigenvalue weighted by Gasteiger charge is -2.13. The smallest absolute Gasteiger partial charge is 0.369 e. The second-order valence-electron chi connectivity index (χ2n) is 5.91. The monoisotopic (exact) mass is 352 g/mol. The molecule has 0 unspecified atom stereocenters. The number of alkyl halides is 3. The van der Waals surface area contributed by atoms with Crippen LogP contribution in [0.3, 0.4) is 0 Å². The number of nitrogens with zero attached hydrogens (tertiary/aromatic N) is 2. The van der Waals surface area contributed by atoms with Gasteiger partial charge < -0.3 is 10.6 Å². The zero-order valence-electron chi connectivity index (χ0n) is 13.9. The number of hydrogen-bond donors (Lipinski definition) is 2. The molecule has 0 aliphatic rings. The minimum absolute atomic E-state index is 0.0635. The fourth-order valence-corrected chi connectivity index (χ4v) is 2.06. The van der Waals surface area contributed by atoms with Crippen LogP contribution in [0.2, 0.25) is 0 Å². The molecule has 134 valence electrons. The largest absolute Gasteiger partial charge is 0.418 e. The summed E-state index contributed by atoms with van der Waals surface area (Å²) in [4.78, 5) is 12.1. The molecular weight excluding hydrogens is 333 g/mol. The van der Waals surface area contributed by atoms with Crippen molar-refractivity contribution in [2.75, 3.05) is 17.2 Å². The molecule has 1 amide bonds. The Kier molecular flexibility index (Phi) is 5.95. The van der Waals surface area contributed by atoms with E-state index in [0.717, 1.165) is 19.0 Å². The average molecular weight is 352 g/mol. The van der Waals surface area contributed by atoms with Gasteiger partial charge in [-0.3, -0.25) is 4.79 Å². The lowest BCUT2D eigenvalue weighted by Crippen LogP contribution is -2.18. The molecule has 0 saturated carbocycles. The molecule has 0 spiro atoms. The molecule has 0 saturated heterocycles. The van der Waals surface area contributed by atoms with Gasteiger partial charge >= 0.3 is 6.18 Å². The second kappa shape index (κ2) is 7.96. The highest BCUT2D eigenvalue weighted by Crippen LogP contribution is 2.34. The van der Waals surface area contributed by atoms with E-state index in [9.17, 15) is 18.0 Å². The van der Waals surface area contributed by atoms with Gasteiger partial charge in [-0.25, -0.2) is 0 Å². The number of carbonyl (C=O) groups excluding carboxylic acids is 1. The lowest BCUT2D eigenvalue weighted by molar-refractivity contribution is -0.136. The van der Waals surface area contributed by atoms with Gasteiger partial charge in [-0.15, -0.1) is 10.2 Å². The van der Waals surface area contributed by atoms with E-state index in [1.54, 1.807) is 6.07 Å².